The van der Waals surface area contributed by atoms with Gasteiger partial charge in [0.2, 0.25) is 5.91 Å². The van der Waals surface area contributed by atoms with Gasteiger partial charge in [-0.25, -0.2) is 0 Å². The highest BCUT2D eigenvalue weighted by Gasteiger charge is 2.14. The van der Waals surface area contributed by atoms with Gasteiger partial charge in [-0.15, -0.1) is 5.73 Å². The number of likely N-dealkylation sites (tertiary alicyclic amines) is 1. The summed E-state index contributed by atoms with van der Waals surface area (Å²) in [5.74, 6) is 0.231. The minimum Gasteiger partial charge on any atom is -0.312 e. The van der Waals surface area contributed by atoms with Gasteiger partial charge in [0.1, 0.15) is 0 Å². The van der Waals surface area contributed by atoms with Crippen molar-refractivity contribution in [1.82, 2.24) is 4.90 Å². The van der Waals surface area contributed by atoms with Gasteiger partial charge >= 0.3 is 0 Å². The number of carbonyl (C=O) groups is 1. The predicted molar refractivity (Wildman–Crippen MR) is 48.5 cm³/mol. The Morgan fingerprint density at radius 3 is 2.83 bits per heavy atom. The van der Waals surface area contributed by atoms with E-state index in [4.69, 9.17) is 0 Å². The Kier molecular flexibility index (Phi) is 3.12. The number of carbonyl (C=O) groups excluding carboxylic acids is 1. The molecule has 1 amide bonds. The normalized spacial score (nSPS) is 17.2. The van der Waals surface area contributed by atoms with Gasteiger partial charge in [-0.05, 0) is 32.3 Å². The van der Waals surface area contributed by atoms with E-state index < -0.39 is 0 Å². The van der Waals surface area contributed by atoms with Crippen molar-refractivity contribution in [2.75, 3.05) is 6.54 Å². The quantitative estimate of drug-likeness (QED) is 0.545. The second-order valence-corrected chi connectivity index (χ2v) is 3.32. The highest BCUT2D eigenvalue weighted by molar-refractivity contribution is 5.77. The van der Waals surface area contributed by atoms with Crippen molar-refractivity contribution in [3.63, 3.8) is 0 Å². The predicted octanol–water partition coefficient (Wildman–Crippen LogP) is 2.08. The molecule has 2 nitrogen and oxygen atoms in total. The molecule has 0 unspecified atom stereocenters. The summed E-state index contributed by atoms with van der Waals surface area (Å²) in [5.41, 5.74) is 4.15. The van der Waals surface area contributed by atoms with E-state index in [1.54, 1.807) is 11.1 Å². The van der Waals surface area contributed by atoms with Crippen LogP contribution in [0.15, 0.2) is 17.5 Å². The molecule has 0 radical (unpaired) electrons. The number of rotatable bonds is 1. The first-order chi connectivity index (χ1) is 5.70. The number of amides is 1. The standard InChI is InChI=1S/C10H15NO/c1-9(2)6-8-11-7-4-3-5-10(11)12/h8H,3-5,7H2,1-2H3. The van der Waals surface area contributed by atoms with E-state index in [2.05, 4.69) is 5.73 Å². The first-order valence-electron chi connectivity index (χ1n) is 4.39. The van der Waals surface area contributed by atoms with Crippen molar-refractivity contribution in [2.24, 2.45) is 0 Å². The molecule has 0 saturated carbocycles. The van der Waals surface area contributed by atoms with Crippen LogP contribution in [-0.2, 0) is 4.79 Å². The van der Waals surface area contributed by atoms with E-state index in [9.17, 15) is 4.79 Å². The summed E-state index contributed by atoms with van der Waals surface area (Å²) in [5, 5.41) is 0. The lowest BCUT2D eigenvalue weighted by molar-refractivity contribution is -0.130. The monoisotopic (exact) mass is 165 g/mol. The molecule has 1 saturated heterocycles. The minimum atomic E-state index is 0.231. The molecular weight excluding hydrogens is 150 g/mol. The van der Waals surface area contributed by atoms with Gasteiger partial charge in [-0.3, -0.25) is 4.79 Å². The van der Waals surface area contributed by atoms with Gasteiger partial charge in [-0.2, -0.15) is 0 Å². The molecule has 2 heteroatoms. The molecule has 0 atom stereocenters. The molecule has 0 aromatic rings. The Hall–Kier alpha value is -1.01. The zero-order valence-corrected chi connectivity index (χ0v) is 7.76. The fraction of sp³-hybridized carbons (Fsp3) is 0.600. The summed E-state index contributed by atoms with van der Waals surface area (Å²) >= 11 is 0. The average molecular weight is 165 g/mol. The Bertz CT molecular complexity index is 232. The van der Waals surface area contributed by atoms with E-state index in [1.165, 1.54) is 0 Å². The fourth-order valence-corrected chi connectivity index (χ4v) is 1.17. The lowest BCUT2D eigenvalue weighted by Crippen LogP contribution is -2.30. The van der Waals surface area contributed by atoms with E-state index in [-0.39, 0.29) is 5.91 Å². The summed E-state index contributed by atoms with van der Waals surface area (Å²) in [7, 11) is 0. The molecule has 1 rings (SSSR count). The van der Waals surface area contributed by atoms with Crippen LogP contribution in [0.3, 0.4) is 0 Å². The molecule has 0 aromatic carbocycles. The molecule has 0 spiro atoms. The summed E-state index contributed by atoms with van der Waals surface area (Å²) in [6.45, 7) is 4.81. The molecule has 0 N–H and O–H groups in total. The fourth-order valence-electron chi connectivity index (χ4n) is 1.17. The van der Waals surface area contributed by atoms with Gasteiger partial charge in [0, 0.05) is 19.2 Å². The van der Waals surface area contributed by atoms with Gasteiger partial charge in [0.25, 0.3) is 0 Å². The van der Waals surface area contributed by atoms with Crippen LogP contribution in [0.4, 0.5) is 0 Å². The lowest BCUT2D eigenvalue weighted by atomic mass is 10.1. The van der Waals surface area contributed by atoms with Crippen molar-refractivity contribution in [3.8, 4) is 0 Å². The van der Waals surface area contributed by atoms with Crippen molar-refractivity contribution in [2.45, 2.75) is 33.1 Å². The second kappa shape index (κ2) is 4.13. The van der Waals surface area contributed by atoms with Gasteiger partial charge in [0.05, 0.1) is 0 Å². The number of piperidine rings is 1. The second-order valence-electron chi connectivity index (χ2n) is 3.32. The number of nitrogens with zero attached hydrogens (tertiary/aromatic N) is 1. The van der Waals surface area contributed by atoms with Crippen molar-refractivity contribution in [3.05, 3.63) is 17.5 Å². The summed E-state index contributed by atoms with van der Waals surface area (Å²) < 4.78 is 0. The molecule has 1 fully saturated rings. The zero-order valence-electron chi connectivity index (χ0n) is 7.76. The van der Waals surface area contributed by atoms with Crippen LogP contribution in [0.1, 0.15) is 33.1 Å². The molecule has 12 heavy (non-hydrogen) atoms. The zero-order chi connectivity index (χ0) is 8.97. The molecule has 1 aliphatic heterocycles. The third-order valence-electron chi connectivity index (χ3n) is 1.87. The molecule has 66 valence electrons. The summed E-state index contributed by atoms with van der Waals surface area (Å²) in [4.78, 5) is 13.0. The van der Waals surface area contributed by atoms with Crippen LogP contribution in [0.2, 0.25) is 0 Å². The number of hydrogen-bond donors (Lipinski definition) is 0. The van der Waals surface area contributed by atoms with Crippen LogP contribution >= 0.6 is 0 Å². The van der Waals surface area contributed by atoms with Crippen LogP contribution in [0.25, 0.3) is 0 Å². The molecule has 0 aromatic heterocycles. The summed E-state index contributed by atoms with van der Waals surface area (Å²) in [6.07, 6.45) is 4.63. The average Bonchev–Trinajstić information content (AvgIpc) is 2.03. The maximum atomic E-state index is 11.3. The van der Waals surface area contributed by atoms with Crippen LogP contribution < -0.4 is 0 Å². The first-order valence-corrected chi connectivity index (χ1v) is 4.39. The van der Waals surface area contributed by atoms with Crippen molar-refractivity contribution < 1.29 is 4.79 Å². The van der Waals surface area contributed by atoms with Crippen molar-refractivity contribution >= 4 is 5.91 Å². The number of allylic oxidation sites excluding steroid dienone is 1. The highest BCUT2D eigenvalue weighted by Crippen LogP contribution is 2.10. The van der Waals surface area contributed by atoms with Crippen molar-refractivity contribution in [1.29, 1.82) is 0 Å². The molecular formula is C10H15NO. The Labute approximate surface area is 73.6 Å². The topological polar surface area (TPSA) is 20.3 Å². The highest BCUT2D eigenvalue weighted by atomic mass is 16.2. The van der Waals surface area contributed by atoms with Crippen LogP contribution in [0.5, 0.6) is 0 Å². The van der Waals surface area contributed by atoms with Crippen LogP contribution in [0, 0.1) is 0 Å². The van der Waals surface area contributed by atoms with Gasteiger partial charge < -0.3 is 4.90 Å². The Balaban J connectivity index is 2.62. The van der Waals surface area contributed by atoms with Gasteiger partial charge in [0.15, 0.2) is 0 Å². The minimum absolute atomic E-state index is 0.231. The number of hydrogen-bond acceptors (Lipinski definition) is 1. The van der Waals surface area contributed by atoms with E-state index in [0.29, 0.717) is 6.42 Å². The first kappa shape index (κ1) is 9.08. The van der Waals surface area contributed by atoms with Gasteiger partial charge in [-0.1, -0.05) is 0 Å². The molecule has 0 aliphatic carbocycles. The Morgan fingerprint density at radius 2 is 2.25 bits per heavy atom. The molecule has 1 aliphatic rings. The smallest absolute Gasteiger partial charge is 0.226 e. The third-order valence-corrected chi connectivity index (χ3v) is 1.87. The van der Waals surface area contributed by atoms with Crippen LogP contribution in [-0.4, -0.2) is 17.4 Å². The van der Waals surface area contributed by atoms with E-state index >= 15 is 0 Å². The third kappa shape index (κ3) is 2.55. The van der Waals surface area contributed by atoms with E-state index in [1.807, 2.05) is 13.8 Å². The SMILES string of the molecule is CC(C)=C=CN1CCCCC1=O. The maximum Gasteiger partial charge on any atom is 0.226 e. The Morgan fingerprint density at radius 1 is 1.50 bits per heavy atom. The maximum absolute atomic E-state index is 11.3. The largest absolute Gasteiger partial charge is 0.312 e. The lowest BCUT2D eigenvalue weighted by Gasteiger charge is -2.21. The molecule has 1 heterocycles. The van der Waals surface area contributed by atoms with E-state index in [0.717, 1.165) is 25.0 Å². The summed E-state index contributed by atoms with van der Waals surface area (Å²) in [6, 6.07) is 0. The molecule has 0 bridgehead atoms.